The van der Waals surface area contributed by atoms with Crippen LogP contribution in [0.4, 0.5) is 29.2 Å². The van der Waals surface area contributed by atoms with E-state index in [0.717, 1.165) is 103 Å². The number of hydrogen-bond acceptors (Lipinski definition) is 15. The predicted molar refractivity (Wildman–Crippen MR) is 347 cm³/mol. The van der Waals surface area contributed by atoms with Gasteiger partial charge in [-0.05, 0) is 249 Å². The molecule has 17 heteroatoms. The molecule has 2 fully saturated rings. The Morgan fingerprint density at radius 1 is 0.517 bits per heavy atom. The molecule has 0 radical (unpaired) electrons. The summed E-state index contributed by atoms with van der Waals surface area (Å²) in [5.74, 6) is 64.0. The molecule has 6 N–H and O–H groups in total. The Hall–Kier alpha value is -11.8. The Morgan fingerprint density at radius 3 is 1.23 bits per heavy atom. The molecule has 0 atom stereocenters. The molecule has 15 nitrogen and oxygen atoms in total. The molecule has 6 heterocycles. The molecule has 0 unspecified atom stereocenters. The van der Waals surface area contributed by atoms with E-state index in [9.17, 15) is 4.79 Å². The molecular formula is C70H53Cl2N13O2. The molecule has 0 spiro atoms. The van der Waals surface area contributed by atoms with Crippen molar-refractivity contribution in [1.82, 2.24) is 39.9 Å². The lowest BCUT2D eigenvalue weighted by Gasteiger charge is -2.29. The van der Waals surface area contributed by atoms with Crippen LogP contribution in [0.3, 0.4) is 0 Å². The van der Waals surface area contributed by atoms with Crippen molar-refractivity contribution in [3.8, 4) is 167 Å². The van der Waals surface area contributed by atoms with E-state index < -0.39 is 0 Å². The second kappa shape index (κ2) is 39.6. The molecule has 8 rings (SSSR count). The van der Waals surface area contributed by atoms with Crippen molar-refractivity contribution in [3.63, 3.8) is 0 Å². The summed E-state index contributed by atoms with van der Waals surface area (Å²) in [5, 5.41) is 16.5. The summed E-state index contributed by atoms with van der Waals surface area (Å²) in [6.45, 7) is 3.42. The summed E-state index contributed by atoms with van der Waals surface area (Å²) < 4.78 is 4.65. The fourth-order valence-corrected chi connectivity index (χ4v) is 8.42. The molecule has 0 saturated heterocycles. The lowest BCUT2D eigenvalue weighted by Crippen LogP contribution is -2.29. The van der Waals surface area contributed by atoms with Crippen LogP contribution in [0.25, 0.3) is 21.8 Å². The molecular weight excluding hydrogens is 1130 g/mol. The molecule has 0 aromatic carbocycles. The van der Waals surface area contributed by atoms with E-state index in [1.165, 1.54) is 7.11 Å². The number of anilines is 5. The second-order valence-electron chi connectivity index (χ2n) is 18.0. The first-order valence-corrected chi connectivity index (χ1v) is 27.4. The van der Waals surface area contributed by atoms with Crippen LogP contribution in [-0.4, -0.2) is 78.1 Å². The number of nitrogens with one attached hydrogen (secondary N) is 4. The van der Waals surface area contributed by atoms with Crippen LogP contribution < -0.4 is 27.0 Å². The van der Waals surface area contributed by atoms with Crippen molar-refractivity contribution >= 4 is 80.2 Å². The van der Waals surface area contributed by atoms with E-state index in [-0.39, 0.29) is 12.4 Å². The molecule has 6 aromatic heterocycles. The lowest BCUT2D eigenvalue weighted by molar-refractivity contribution is -0.139. The third kappa shape index (κ3) is 26.3. The van der Waals surface area contributed by atoms with Crippen molar-refractivity contribution < 1.29 is 9.53 Å². The van der Waals surface area contributed by atoms with E-state index in [2.05, 4.69) is 214 Å². The first kappa shape index (κ1) is 66.0. The molecule has 0 amide bonds. The number of aromatic nitrogens is 8. The number of pyridine rings is 4. The minimum atomic E-state index is -0.298. The monoisotopic (exact) mass is 1180 g/mol. The maximum atomic E-state index is 11.3. The smallest absolute Gasteiger partial charge is 0.310 e. The number of halogens is 2. The number of esters is 1. The third-order valence-electron chi connectivity index (χ3n) is 12.1. The van der Waals surface area contributed by atoms with Gasteiger partial charge in [-0.3, -0.25) is 4.79 Å². The quantitative estimate of drug-likeness (QED) is 0.0443. The Kier molecular flexibility index (Phi) is 30.0. The zero-order chi connectivity index (χ0) is 61.9. The van der Waals surface area contributed by atoms with Gasteiger partial charge in [0, 0.05) is 66.3 Å². The van der Waals surface area contributed by atoms with Crippen LogP contribution in [0.1, 0.15) is 63.9 Å². The van der Waals surface area contributed by atoms with Crippen LogP contribution >= 0.6 is 23.2 Å². The summed E-state index contributed by atoms with van der Waals surface area (Å²) in [4.78, 5) is 45.7. The number of rotatable bonds is 12. The van der Waals surface area contributed by atoms with E-state index in [1.54, 1.807) is 44.1 Å². The number of carbonyl (C=O) groups is 1. The van der Waals surface area contributed by atoms with E-state index in [4.69, 9.17) is 48.2 Å². The van der Waals surface area contributed by atoms with E-state index in [0.29, 0.717) is 51.8 Å². The maximum absolute atomic E-state index is 11.3. The number of terminal acetylenes is 3. The Morgan fingerprint density at radius 2 is 0.874 bits per heavy atom. The number of hydrogen-bond donors (Lipinski definition) is 5. The Labute approximate surface area is 519 Å². The highest BCUT2D eigenvalue weighted by molar-refractivity contribution is 6.34. The fraction of sp³-hybridized carbons (Fsp3) is 0.243. The van der Waals surface area contributed by atoms with Gasteiger partial charge in [0.25, 0.3) is 0 Å². The molecule has 87 heavy (non-hydrogen) atoms. The van der Waals surface area contributed by atoms with E-state index >= 15 is 0 Å². The van der Waals surface area contributed by atoms with Gasteiger partial charge in [0.15, 0.2) is 10.3 Å². The molecule has 2 aliphatic carbocycles. The van der Waals surface area contributed by atoms with Crippen molar-refractivity contribution in [2.75, 3.05) is 47.2 Å². The molecule has 2 aliphatic rings. The molecule has 0 bridgehead atoms. The van der Waals surface area contributed by atoms with Crippen molar-refractivity contribution in [3.05, 3.63) is 89.4 Å². The summed E-state index contributed by atoms with van der Waals surface area (Å²) in [6.07, 6.45) is 33.6. The highest BCUT2D eigenvalue weighted by Crippen LogP contribution is 2.30. The van der Waals surface area contributed by atoms with Crippen LogP contribution in [0, 0.1) is 179 Å². The van der Waals surface area contributed by atoms with Crippen LogP contribution in [0.15, 0.2) is 73.6 Å². The van der Waals surface area contributed by atoms with Gasteiger partial charge >= 0.3 is 5.97 Å². The van der Waals surface area contributed by atoms with Gasteiger partial charge in [-0.15, -0.1) is 19.3 Å². The average molecular weight is 1180 g/mol. The standard InChI is InChI=1S/C22H25ClN6O2.C19H22ClN7.C15H4.C14H2/c1-31-19(30)10-15-12-26-22(27-13-15)25-11-14-2-5-17(6-3-14)28-18-7-4-16-8-9-24-21(23)20(16)29-18;20-18-17-13(7-8-22-18)3-6-16(27-17)26-15-4-1-12(2-5-15)9-23-19-24-10-14(21)11-25-19;1-3-5-7-9-11-13-15-14-12-10-8-6-4-2;1-3-5-7-9-11-13-14-12-10-8-6-4-2/h4,7-9,12-14,17H,2-3,5-6,10-11H2,1H3,(H,28,29)(H,25,26,27);3,6-8,10-12,15H,1-2,4-5,9,21H2,(H,26,27)(H,23,24,25);1H,2H3;1-2H. The van der Waals surface area contributed by atoms with Gasteiger partial charge in [0.1, 0.15) is 22.7 Å². The second-order valence-corrected chi connectivity index (χ2v) is 18.8. The highest BCUT2D eigenvalue weighted by Gasteiger charge is 2.23. The number of fused-ring (bicyclic) bond motifs is 2. The normalized spacial score (nSPS) is 13.9. The molecule has 424 valence electrons. The van der Waals surface area contributed by atoms with Gasteiger partial charge < -0.3 is 31.7 Å². The maximum Gasteiger partial charge on any atom is 0.310 e. The highest BCUT2D eigenvalue weighted by atomic mass is 35.5. The zero-order valence-corrected chi connectivity index (χ0v) is 49.0. The predicted octanol–water partition coefficient (Wildman–Crippen LogP) is 8.54. The number of nitrogen functional groups attached to an aromatic ring is 1. The Bertz CT molecular complexity index is 4190. The van der Waals surface area contributed by atoms with Gasteiger partial charge in [-0.1, -0.05) is 29.1 Å². The Balaban J connectivity index is 0.000000224. The molecule has 2 saturated carbocycles. The number of methoxy groups -OCH3 is 1. The van der Waals surface area contributed by atoms with Gasteiger partial charge in [-0.2, -0.15) is 0 Å². The summed E-state index contributed by atoms with van der Waals surface area (Å²) in [6, 6.07) is 12.7. The minimum Gasteiger partial charge on any atom is -0.469 e. The first-order valence-electron chi connectivity index (χ1n) is 26.7. The van der Waals surface area contributed by atoms with Crippen LogP contribution in [-0.2, 0) is 16.0 Å². The van der Waals surface area contributed by atoms with Gasteiger partial charge in [0.2, 0.25) is 11.9 Å². The first-order chi connectivity index (χ1) is 42.6. The van der Waals surface area contributed by atoms with Crippen LogP contribution in [0.5, 0.6) is 0 Å². The van der Waals surface area contributed by atoms with Crippen molar-refractivity contribution in [2.45, 2.75) is 76.8 Å². The number of ether oxygens (including phenoxy) is 1. The summed E-state index contributed by atoms with van der Waals surface area (Å²) >= 11 is 12.3. The van der Waals surface area contributed by atoms with Crippen molar-refractivity contribution in [1.29, 1.82) is 0 Å². The van der Waals surface area contributed by atoms with Gasteiger partial charge in [-0.25, -0.2) is 39.9 Å². The van der Waals surface area contributed by atoms with Crippen molar-refractivity contribution in [2.24, 2.45) is 11.8 Å². The van der Waals surface area contributed by atoms with Gasteiger partial charge in [0.05, 0.1) is 31.6 Å². The minimum absolute atomic E-state index is 0.183. The summed E-state index contributed by atoms with van der Waals surface area (Å²) in [7, 11) is 1.37. The lowest BCUT2D eigenvalue weighted by atomic mass is 9.86. The number of carbonyl (C=O) groups excluding carboxylic acids is 1. The largest absolute Gasteiger partial charge is 0.469 e. The zero-order valence-electron chi connectivity index (χ0n) is 47.5. The summed E-state index contributed by atoms with van der Waals surface area (Å²) in [5.41, 5.74) is 8.39. The van der Waals surface area contributed by atoms with E-state index in [1.807, 2.05) is 36.4 Å². The SMILES string of the molecule is C#CC#CC#CC#CC#CC#CC#C.C#CC#CC#CC#CC#CC#CC#CC.COC(=O)Cc1cnc(NCC2CCC(Nc3ccc4ccnc(Cl)c4n3)CC2)nc1.Nc1cnc(NCC2CCC(Nc3ccc4ccnc(Cl)c4n3)CC2)nc1. The molecule has 0 aliphatic heterocycles. The molecule has 6 aromatic rings. The number of nitrogens with zero attached hydrogens (tertiary/aromatic N) is 8. The third-order valence-corrected chi connectivity index (χ3v) is 12.7. The topological polar surface area (TPSA) is 204 Å². The fourth-order valence-electron chi connectivity index (χ4n) is 8.01. The number of nitrogens with two attached hydrogens (primary N) is 1. The average Bonchev–Trinajstić information content (AvgIpc) is 3.30. The van der Waals surface area contributed by atoms with Crippen LogP contribution in [0.2, 0.25) is 10.3 Å².